The highest BCUT2D eigenvalue weighted by atomic mass is 16.9. The second-order valence-corrected chi connectivity index (χ2v) is 4.26. The largest absolute Gasteiger partial charge is 0.340 e. The number of epoxide rings is 2. The van der Waals surface area contributed by atoms with E-state index in [0.717, 1.165) is 6.61 Å². The molecule has 0 amide bonds. The molecular formula is C11H20O2. The third-order valence-electron chi connectivity index (χ3n) is 3.02. The molecule has 2 fully saturated rings. The third kappa shape index (κ3) is 2.44. The van der Waals surface area contributed by atoms with E-state index in [4.69, 9.17) is 9.47 Å². The quantitative estimate of drug-likeness (QED) is 0.449. The number of hydrogen-bond donors (Lipinski definition) is 0. The first-order chi connectivity index (χ1) is 6.37. The zero-order valence-electron chi connectivity index (χ0n) is 8.55. The molecule has 2 aliphatic rings. The van der Waals surface area contributed by atoms with E-state index in [1.165, 1.54) is 44.9 Å². The van der Waals surface area contributed by atoms with Crippen LogP contribution in [0.1, 0.15) is 51.9 Å². The maximum atomic E-state index is 5.42. The van der Waals surface area contributed by atoms with Gasteiger partial charge in [0.05, 0.1) is 0 Å². The van der Waals surface area contributed by atoms with Crippen LogP contribution in [0.25, 0.3) is 0 Å². The summed E-state index contributed by atoms with van der Waals surface area (Å²) in [7, 11) is 0. The van der Waals surface area contributed by atoms with Crippen LogP contribution in [0.5, 0.6) is 0 Å². The van der Waals surface area contributed by atoms with Crippen LogP contribution in [-0.2, 0) is 9.47 Å². The van der Waals surface area contributed by atoms with Crippen molar-refractivity contribution >= 4 is 0 Å². The van der Waals surface area contributed by atoms with E-state index in [1.807, 2.05) is 0 Å². The molecule has 2 nitrogen and oxygen atoms in total. The van der Waals surface area contributed by atoms with Crippen LogP contribution in [0.2, 0.25) is 0 Å². The minimum Gasteiger partial charge on any atom is -0.340 e. The monoisotopic (exact) mass is 184 g/mol. The Bertz CT molecular complexity index is 163. The van der Waals surface area contributed by atoms with Gasteiger partial charge in [0, 0.05) is 0 Å². The van der Waals surface area contributed by atoms with Crippen molar-refractivity contribution in [3.8, 4) is 0 Å². The second-order valence-electron chi connectivity index (χ2n) is 4.26. The van der Waals surface area contributed by atoms with E-state index in [-0.39, 0.29) is 5.79 Å². The molecule has 2 atom stereocenters. The van der Waals surface area contributed by atoms with Crippen molar-refractivity contribution in [3.05, 3.63) is 0 Å². The van der Waals surface area contributed by atoms with E-state index < -0.39 is 0 Å². The average molecular weight is 184 g/mol. The maximum Gasteiger partial charge on any atom is 0.219 e. The summed E-state index contributed by atoms with van der Waals surface area (Å²) < 4.78 is 10.6. The molecule has 0 saturated carbocycles. The topological polar surface area (TPSA) is 25.1 Å². The van der Waals surface area contributed by atoms with Crippen molar-refractivity contribution in [2.45, 2.75) is 63.8 Å². The van der Waals surface area contributed by atoms with Gasteiger partial charge in [0.1, 0.15) is 12.7 Å². The van der Waals surface area contributed by atoms with E-state index >= 15 is 0 Å². The Morgan fingerprint density at radius 1 is 1.15 bits per heavy atom. The van der Waals surface area contributed by atoms with Gasteiger partial charge in [-0.05, 0) is 6.42 Å². The van der Waals surface area contributed by atoms with Gasteiger partial charge in [0.2, 0.25) is 5.79 Å². The predicted molar refractivity (Wildman–Crippen MR) is 51.5 cm³/mol. The molecule has 2 rings (SSSR count). The summed E-state index contributed by atoms with van der Waals surface area (Å²) in [5.41, 5.74) is 0. The molecule has 76 valence electrons. The minimum atomic E-state index is -0.0383. The Balaban J connectivity index is 1.38. The fraction of sp³-hybridized carbons (Fsp3) is 1.00. The Morgan fingerprint density at radius 2 is 1.85 bits per heavy atom. The summed E-state index contributed by atoms with van der Waals surface area (Å²) in [6.07, 6.45) is 9.90. The van der Waals surface area contributed by atoms with Crippen LogP contribution >= 0.6 is 0 Å². The number of unbranched alkanes of at least 4 members (excludes halogenated alkanes) is 5. The van der Waals surface area contributed by atoms with Crippen LogP contribution in [0.4, 0.5) is 0 Å². The van der Waals surface area contributed by atoms with E-state index in [2.05, 4.69) is 6.92 Å². The Kier molecular flexibility index (Phi) is 2.89. The standard InChI is InChI=1S/C11H20O2/c1-2-3-4-5-6-7-8-10-11(13-10)9-12-11/h10H,2-9H2,1H3/t10-,11+/m1/s1. The lowest BCUT2D eigenvalue weighted by Crippen LogP contribution is -1.94. The van der Waals surface area contributed by atoms with Gasteiger partial charge >= 0.3 is 0 Å². The first kappa shape index (κ1) is 9.47. The van der Waals surface area contributed by atoms with Gasteiger partial charge in [-0.25, -0.2) is 0 Å². The molecule has 0 unspecified atom stereocenters. The van der Waals surface area contributed by atoms with Crippen molar-refractivity contribution in [2.75, 3.05) is 6.61 Å². The summed E-state index contributed by atoms with van der Waals surface area (Å²) in [6.45, 7) is 3.11. The zero-order chi connectivity index (χ0) is 9.15. The molecule has 2 heterocycles. The normalized spacial score (nSPS) is 35.3. The number of hydrogen-bond acceptors (Lipinski definition) is 2. The van der Waals surface area contributed by atoms with Crippen LogP contribution in [0.3, 0.4) is 0 Å². The lowest BCUT2D eigenvalue weighted by Gasteiger charge is -1.97. The molecule has 0 N–H and O–H groups in total. The number of rotatable bonds is 7. The van der Waals surface area contributed by atoms with E-state index in [9.17, 15) is 0 Å². The predicted octanol–water partition coefficient (Wildman–Crippen LogP) is 2.86. The van der Waals surface area contributed by atoms with Gasteiger partial charge in [0.15, 0.2) is 0 Å². The summed E-state index contributed by atoms with van der Waals surface area (Å²) in [5.74, 6) is -0.0383. The average Bonchev–Trinajstić information content (AvgIpc) is 3.02. The van der Waals surface area contributed by atoms with Gasteiger partial charge < -0.3 is 9.47 Å². The molecule has 0 radical (unpaired) electrons. The molecule has 0 aliphatic carbocycles. The van der Waals surface area contributed by atoms with E-state index in [1.54, 1.807) is 0 Å². The van der Waals surface area contributed by atoms with Crippen LogP contribution in [0, 0.1) is 0 Å². The van der Waals surface area contributed by atoms with Gasteiger partial charge in [0.25, 0.3) is 0 Å². The lowest BCUT2D eigenvalue weighted by molar-refractivity contribution is 0.250. The molecule has 0 aromatic rings. The molecule has 0 aromatic heterocycles. The van der Waals surface area contributed by atoms with Crippen molar-refractivity contribution in [1.29, 1.82) is 0 Å². The fourth-order valence-corrected chi connectivity index (χ4v) is 1.92. The molecule has 2 aliphatic heterocycles. The summed E-state index contributed by atoms with van der Waals surface area (Å²) in [4.78, 5) is 0. The van der Waals surface area contributed by atoms with Crippen LogP contribution in [-0.4, -0.2) is 18.5 Å². The van der Waals surface area contributed by atoms with Crippen LogP contribution < -0.4 is 0 Å². The Labute approximate surface area is 80.6 Å². The summed E-state index contributed by atoms with van der Waals surface area (Å²) in [5, 5.41) is 0. The first-order valence-corrected chi connectivity index (χ1v) is 5.69. The van der Waals surface area contributed by atoms with Gasteiger partial charge in [-0.1, -0.05) is 45.4 Å². The highest BCUT2D eigenvalue weighted by Gasteiger charge is 2.68. The molecule has 2 heteroatoms. The van der Waals surface area contributed by atoms with E-state index in [0.29, 0.717) is 6.10 Å². The molecule has 2 saturated heterocycles. The van der Waals surface area contributed by atoms with Crippen LogP contribution in [0.15, 0.2) is 0 Å². The molecule has 0 aromatic carbocycles. The first-order valence-electron chi connectivity index (χ1n) is 5.69. The Morgan fingerprint density at radius 3 is 2.46 bits per heavy atom. The maximum absolute atomic E-state index is 5.42. The smallest absolute Gasteiger partial charge is 0.219 e. The Hall–Kier alpha value is -0.0800. The van der Waals surface area contributed by atoms with Gasteiger partial charge in [-0.2, -0.15) is 0 Å². The fourth-order valence-electron chi connectivity index (χ4n) is 1.92. The van der Waals surface area contributed by atoms with Crippen molar-refractivity contribution < 1.29 is 9.47 Å². The number of ether oxygens (including phenoxy) is 2. The molecule has 1 spiro atoms. The highest BCUT2D eigenvalue weighted by Crippen LogP contribution is 2.50. The van der Waals surface area contributed by atoms with Gasteiger partial charge in [-0.3, -0.25) is 0 Å². The molecule has 0 bridgehead atoms. The van der Waals surface area contributed by atoms with Gasteiger partial charge in [-0.15, -0.1) is 0 Å². The third-order valence-corrected chi connectivity index (χ3v) is 3.02. The SMILES string of the molecule is CCCCCCCC[C@H]1O[C@@]12CO2. The lowest BCUT2D eigenvalue weighted by atomic mass is 10.1. The van der Waals surface area contributed by atoms with Crippen molar-refractivity contribution in [2.24, 2.45) is 0 Å². The summed E-state index contributed by atoms with van der Waals surface area (Å²) in [6, 6.07) is 0. The second kappa shape index (κ2) is 3.97. The minimum absolute atomic E-state index is 0.0383. The highest BCUT2D eigenvalue weighted by molar-refractivity contribution is 5.03. The van der Waals surface area contributed by atoms with Crippen molar-refractivity contribution in [3.63, 3.8) is 0 Å². The zero-order valence-corrected chi connectivity index (χ0v) is 8.55. The molecular weight excluding hydrogens is 164 g/mol. The molecule has 13 heavy (non-hydrogen) atoms. The van der Waals surface area contributed by atoms with Crippen molar-refractivity contribution in [1.82, 2.24) is 0 Å². The summed E-state index contributed by atoms with van der Waals surface area (Å²) >= 11 is 0.